The molecule has 16 heavy (non-hydrogen) atoms. The summed E-state index contributed by atoms with van der Waals surface area (Å²) in [6.07, 6.45) is 3.05. The molecule has 1 aromatic heterocycles. The van der Waals surface area contributed by atoms with Gasteiger partial charge in [0.2, 0.25) is 0 Å². The fourth-order valence-electron chi connectivity index (χ4n) is 1.71. The number of nitrogens with zero attached hydrogens (tertiary/aromatic N) is 1. The van der Waals surface area contributed by atoms with E-state index in [1.807, 2.05) is 18.3 Å². The molecule has 1 aliphatic heterocycles. The summed E-state index contributed by atoms with van der Waals surface area (Å²) in [4.78, 5) is 4.27. The van der Waals surface area contributed by atoms with Crippen molar-refractivity contribution >= 4 is 11.8 Å². The van der Waals surface area contributed by atoms with E-state index in [2.05, 4.69) is 16.4 Å². The highest BCUT2D eigenvalue weighted by Gasteiger charge is 2.14. The summed E-state index contributed by atoms with van der Waals surface area (Å²) in [7, 11) is 0. The summed E-state index contributed by atoms with van der Waals surface area (Å²) < 4.78 is 5.33. The van der Waals surface area contributed by atoms with Crippen LogP contribution in [0.4, 0.5) is 0 Å². The lowest BCUT2D eigenvalue weighted by Crippen LogP contribution is -2.25. The largest absolute Gasteiger partial charge is 0.381 e. The first-order chi connectivity index (χ1) is 7.95. The summed E-state index contributed by atoms with van der Waals surface area (Å²) in [5.41, 5.74) is 0. The molecule has 1 unspecified atom stereocenters. The Labute approximate surface area is 101 Å². The maximum Gasteiger partial charge on any atom is 0.0960 e. The van der Waals surface area contributed by atoms with E-state index >= 15 is 0 Å². The molecule has 1 saturated heterocycles. The number of rotatable bonds is 6. The Bertz CT molecular complexity index is 288. The number of aromatic nitrogens is 1. The van der Waals surface area contributed by atoms with Crippen LogP contribution < -0.4 is 5.32 Å². The highest BCUT2D eigenvalue weighted by atomic mass is 32.2. The number of thioether (sulfide) groups is 1. The molecular formula is C12H18N2OS. The second-order valence-corrected chi connectivity index (χ2v) is 5.07. The van der Waals surface area contributed by atoms with Crippen molar-refractivity contribution in [2.75, 3.05) is 32.1 Å². The molecule has 0 amide bonds. The van der Waals surface area contributed by atoms with Gasteiger partial charge in [-0.3, -0.25) is 0 Å². The maximum atomic E-state index is 5.33. The molecule has 4 heteroatoms. The van der Waals surface area contributed by atoms with Gasteiger partial charge in [-0.1, -0.05) is 6.07 Å². The van der Waals surface area contributed by atoms with Crippen LogP contribution in [0.2, 0.25) is 0 Å². The zero-order chi connectivity index (χ0) is 11.1. The quantitative estimate of drug-likeness (QED) is 0.605. The summed E-state index contributed by atoms with van der Waals surface area (Å²) in [5.74, 6) is 1.80. The molecule has 0 aromatic carbocycles. The van der Waals surface area contributed by atoms with Gasteiger partial charge >= 0.3 is 0 Å². The van der Waals surface area contributed by atoms with Crippen molar-refractivity contribution in [3.63, 3.8) is 0 Å². The van der Waals surface area contributed by atoms with E-state index < -0.39 is 0 Å². The van der Waals surface area contributed by atoms with Gasteiger partial charge in [-0.2, -0.15) is 0 Å². The van der Waals surface area contributed by atoms with Crippen LogP contribution in [0.1, 0.15) is 6.42 Å². The van der Waals surface area contributed by atoms with Crippen LogP contribution in [-0.2, 0) is 4.74 Å². The Morgan fingerprint density at radius 1 is 1.50 bits per heavy atom. The smallest absolute Gasteiger partial charge is 0.0960 e. The average molecular weight is 238 g/mol. The van der Waals surface area contributed by atoms with Crippen LogP contribution in [0.15, 0.2) is 29.4 Å². The van der Waals surface area contributed by atoms with Gasteiger partial charge in [-0.25, -0.2) is 4.98 Å². The predicted molar refractivity (Wildman–Crippen MR) is 66.8 cm³/mol. The number of hydrogen-bond donors (Lipinski definition) is 1. The van der Waals surface area contributed by atoms with E-state index in [0.29, 0.717) is 0 Å². The Morgan fingerprint density at radius 3 is 3.25 bits per heavy atom. The van der Waals surface area contributed by atoms with Gasteiger partial charge in [0.05, 0.1) is 11.6 Å². The molecule has 1 aliphatic rings. The number of pyridine rings is 1. The summed E-state index contributed by atoms with van der Waals surface area (Å²) in [5, 5.41) is 4.57. The Balaban J connectivity index is 1.52. The summed E-state index contributed by atoms with van der Waals surface area (Å²) in [6, 6.07) is 6.02. The second-order valence-electron chi connectivity index (χ2n) is 3.95. The molecule has 2 rings (SSSR count). The first kappa shape index (κ1) is 11.9. The third kappa shape index (κ3) is 4.12. The van der Waals surface area contributed by atoms with Gasteiger partial charge in [-0.15, -0.1) is 11.8 Å². The molecule has 3 nitrogen and oxygen atoms in total. The Kier molecular flexibility index (Phi) is 5.12. The van der Waals surface area contributed by atoms with Crippen molar-refractivity contribution in [1.29, 1.82) is 0 Å². The zero-order valence-corrected chi connectivity index (χ0v) is 10.2. The first-order valence-electron chi connectivity index (χ1n) is 5.77. The predicted octanol–water partition coefficient (Wildman–Crippen LogP) is 1.80. The molecule has 1 N–H and O–H groups in total. The standard InChI is InChI=1S/C12H18N2OS/c1-2-5-14-12(3-1)16-8-6-13-9-11-4-7-15-10-11/h1-3,5,11,13H,4,6-10H2. The van der Waals surface area contributed by atoms with Crippen molar-refractivity contribution in [3.05, 3.63) is 24.4 Å². The highest BCUT2D eigenvalue weighted by Crippen LogP contribution is 2.13. The maximum absolute atomic E-state index is 5.33. The summed E-state index contributed by atoms with van der Waals surface area (Å²) in [6.45, 7) is 4.00. The lowest BCUT2D eigenvalue weighted by atomic mass is 10.1. The van der Waals surface area contributed by atoms with Crippen molar-refractivity contribution in [2.45, 2.75) is 11.4 Å². The lowest BCUT2D eigenvalue weighted by molar-refractivity contribution is 0.185. The molecule has 2 heterocycles. The van der Waals surface area contributed by atoms with Crippen molar-refractivity contribution in [1.82, 2.24) is 10.3 Å². The molecule has 1 aromatic rings. The van der Waals surface area contributed by atoms with Gasteiger partial charge in [0, 0.05) is 31.6 Å². The topological polar surface area (TPSA) is 34.1 Å². The normalized spacial score (nSPS) is 20.1. The zero-order valence-electron chi connectivity index (χ0n) is 9.39. The van der Waals surface area contributed by atoms with Crippen LogP contribution in [0.25, 0.3) is 0 Å². The van der Waals surface area contributed by atoms with E-state index in [0.717, 1.165) is 43.0 Å². The molecule has 88 valence electrons. The number of hydrogen-bond acceptors (Lipinski definition) is 4. The SMILES string of the molecule is c1ccc(SCCNCC2CCOC2)nc1. The molecule has 0 saturated carbocycles. The minimum atomic E-state index is 0.722. The monoisotopic (exact) mass is 238 g/mol. The van der Waals surface area contributed by atoms with Crippen LogP contribution in [0, 0.1) is 5.92 Å². The van der Waals surface area contributed by atoms with E-state index in [1.54, 1.807) is 11.8 Å². The third-order valence-corrected chi connectivity index (χ3v) is 3.57. The fourth-order valence-corrected chi connectivity index (χ4v) is 2.48. The number of nitrogens with one attached hydrogen (secondary N) is 1. The highest BCUT2D eigenvalue weighted by molar-refractivity contribution is 7.99. The first-order valence-corrected chi connectivity index (χ1v) is 6.76. The Hall–Kier alpha value is -0.580. The minimum absolute atomic E-state index is 0.722. The van der Waals surface area contributed by atoms with Crippen LogP contribution in [-0.4, -0.2) is 37.0 Å². The molecule has 0 bridgehead atoms. The van der Waals surface area contributed by atoms with Gasteiger partial charge in [-0.05, 0) is 24.5 Å². The van der Waals surface area contributed by atoms with Gasteiger partial charge < -0.3 is 10.1 Å². The Morgan fingerprint density at radius 2 is 2.50 bits per heavy atom. The van der Waals surface area contributed by atoms with E-state index in [9.17, 15) is 0 Å². The van der Waals surface area contributed by atoms with Crippen molar-refractivity contribution < 1.29 is 4.74 Å². The van der Waals surface area contributed by atoms with E-state index in [-0.39, 0.29) is 0 Å². The minimum Gasteiger partial charge on any atom is -0.381 e. The van der Waals surface area contributed by atoms with E-state index in [4.69, 9.17) is 4.74 Å². The number of ether oxygens (including phenoxy) is 1. The molecule has 0 radical (unpaired) electrons. The van der Waals surface area contributed by atoms with Gasteiger partial charge in [0.15, 0.2) is 0 Å². The molecule has 1 atom stereocenters. The van der Waals surface area contributed by atoms with E-state index in [1.165, 1.54) is 6.42 Å². The molecule has 1 fully saturated rings. The molecular weight excluding hydrogens is 220 g/mol. The third-order valence-electron chi connectivity index (χ3n) is 2.62. The van der Waals surface area contributed by atoms with Crippen LogP contribution in [0.3, 0.4) is 0 Å². The van der Waals surface area contributed by atoms with Crippen molar-refractivity contribution in [3.8, 4) is 0 Å². The molecule has 0 spiro atoms. The lowest BCUT2D eigenvalue weighted by Gasteiger charge is -2.08. The second kappa shape index (κ2) is 6.89. The van der Waals surface area contributed by atoms with Crippen LogP contribution in [0.5, 0.6) is 0 Å². The van der Waals surface area contributed by atoms with Crippen molar-refractivity contribution in [2.24, 2.45) is 5.92 Å². The fraction of sp³-hybridized carbons (Fsp3) is 0.583. The average Bonchev–Trinajstić information content (AvgIpc) is 2.83. The molecule has 0 aliphatic carbocycles. The van der Waals surface area contributed by atoms with Gasteiger partial charge in [0.25, 0.3) is 0 Å². The van der Waals surface area contributed by atoms with Gasteiger partial charge in [0.1, 0.15) is 0 Å². The summed E-state index contributed by atoms with van der Waals surface area (Å²) >= 11 is 1.80. The van der Waals surface area contributed by atoms with Crippen LogP contribution >= 0.6 is 11.8 Å².